The normalized spacial score (nSPS) is 15.6. The molecule has 0 atom stereocenters. The van der Waals surface area contributed by atoms with Crippen molar-refractivity contribution >= 4 is 39.5 Å². The Labute approximate surface area is 167 Å². The monoisotopic (exact) mass is 406 g/mol. The van der Waals surface area contributed by atoms with Gasteiger partial charge in [0.1, 0.15) is 4.88 Å². The van der Waals surface area contributed by atoms with E-state index < -0.39 is 0 Å². The van der Waals surface area contributed by atoms with Gasteiger partial charge in [-0.05, 0) is 37.3 Å². The summed E-state index contributed by atoms with van der Waals surface area (Å²) in [5.41, 5.74) is 2.47. The van der Waals surface area contributed by atoms with Crippen LogP contribution in [-0.4, -0.2) is 56.1 Å². The van der Waals surface area contributed by atoms with Crippen LogP contribution in [0.2, 0.25) is 0 Å². The third kappa shape index (κ3) is 5.43. The van der Waals surface area contributed by atoms with Gasteiger partial charge in [0.2, 0.25) is 0 Å². The molecular formula is C18H26N6OS2. The van der Waals surface area contributed by atoms with Crippen LogP contribution in [0.1, 0.15) is 28.2 Å². The van der Waals surface area contributed by atoms with Crippen LogP contribution in [0, 0.1) is 6.92 Å². The largest absolute Gasteiger partial charge is 0.363 e. The number of rotatable bonds is 6. The van der Waals surface area contributed by atoms with E-state index in [1.165, 1.54) is 16.3 Å². The highest BCUT2D eigenvalue weighted by Crippen LogP contribution is 2.24. The molecule has 0 spiro atoms. The molecule has 2 aromatic heterocycles. The number of thiophene rings is 1. The molecule has 0 radical (unpaired) electrons. The van der Waals surface area contributed by atoms with Crippen LogP contribution < -0.4 is 20.9 Å². The van der Waals surface area contributed by atoms with Crippen LogP contribution in [0.15, 0.2) is 28.0 Å². The number of carbonyl (C=O) groups is 1. The molecule has 0 unspecified atom stereocenters. The van der Waals surface area contributed by atoms with E-state index >= 15 is 0 Å². The highest BCUT2D eigenvalue weighted by Gasteiger charge is 2.20. The third-order valence-corrected chi connectivity index (χ3v) is 6.39. The average Bonchev–Trinajstić information content (AvgIpc) is 3.36. The number of thiazole rings is 1. The quantitative estimate of drug-likeness (QED) is 0.389. The summed E-state index contributed by atoms with van der Waals surface area (Å²) in [6, 6.07) is 4.70. The van der Waals surface area contributed by atoms with Crippen molar-refractivity contribution in [1.82, 2.24) is 20.9 Å². The first-order chi connectivity index (χ1) is 13.2. The molecule has 2 aromatic rings. The Morgan fingerprint density at radius 3 is 2.70 bits per heavy atom. The average molecular weight is 407 g/mol. The van der Waals surface area contributed by atoms with Crippen molar-refractivity contribution < 1.29 is 4.79 Å². The molecule has 146 valence electrons. The fourth-order valence-corrected chi connectivity index (χ4v) is 4.54. The second-order valence-electron chi connectivity index (χ2n) is 6.38. The SMILES string of the molecule is CN=C(NCCNC(=O)c1scnc1C)NC1CCN(c2cccs2)CC1. The Bertz CT molecular complexity index is 750. The number of hydrogen-bond donors (Lipinski definition) is 3. The minimum Gasteiger partial charge on any atom is -0.363 e. The van der Waals surface area contributed by atoms with Gasteiger partial charge in [-0.15, -0.1) is 22.7 Å². The lowest BCUT2D eigenvalue weighted by molar-refractivity contribution is 0.0957. The summed E-state index contributed by atoms with van der Waals surface area (Å²) < 4.78 is 0. The van der Waals surface area contributed by atoms with Crippen LogP contribution in [0.3, 0.4) is 0 Å². The van der Waals surface area contributed by atoms with Gasteiger partial charge in [-0.1, -0.05) is 0 Å². The van der Waals surface area contributed by atoms with Crippen LogP contribution in [0.25, 0.3) is 0 Å². The number of nitrogens with one attached hydrogen (secondary N) is 3. The maximum atomic E-state index is 12.1. The second-order valence-corrected chi connectivity index (χ2v) is 8.16. The number of anilines is 1. The molecule has 1 saturated heterocycles. The predicted molar refractivity (Wildman–Crippen MR) is 113 cm³/mol. The fraction of sp³-hybridized carbons (Fsp3) is 0.500. The number of piperidine rings is 1. The zero-order valence-electron chi connectivity index (χ0n) is 15.7. The van der Waals surface area contributed by atoms with Crippen molar-refractivity contribution in [1.29, 1.82) is 0 Å². The molecule has 9 heteroatoms. The number of nitrogens with zero attached hydrogens (tertiary/aromatic N) is 3. The van der Waals surface area contributed by atoms with Crippen molar-refractivity contribution in [3.8, 4) is 0 Å². The van der Waals surface area contributed by atoms with Crippen LogP contribution in [0.4, 0.5) is 5.00 Å². The number of guanidine groups is 1. The highest BCUT2D eigenvalue weighted by molar-refractivity contribution is 7.14. The van der Waals surface area contributed by atoms with Gasteiger partial charge in [0.05, 0.1) is 16.2 Å². The summed E-state index contributed by atoms with van der Waals surface area (Å²) in [5.74, 6) is 0.716. The molecule has 3 heterocycles. The van der Waals surface area contributed by atoms with Crippen molar-refractivity contribution in [2.24, 2.45) is 4.99 Å². The number of hydrogen-bond acceptors (Lipinski definition) is 6. The molecule has 1 amide bonds. The van der Waals surface area contributed by atoms with Gasteiger partial charge < -0.3 is 20.9 Å². The van der Waals surface area contributed by atoms with Gasteiger partial charge in [-0.3, -0.25) is 9.79 Å². The zero-order valence-corrected chi connectivity index (χ0v) is 17.3. The number of carbonyl (C=O) groups excluding carboxylic acids is 1. The van der Waals surface area contributed by atoms with Gasteiger partial charge in [-0.25, -0.2) is 4.98 Å². The summed E-state index contributed by atoms with van der Waals surface area (Å²) in [6.07, 6.45) is 2.17. The molecule has 0 bridgehead atoms. The van der Waals surface area contributed by atoms with Gasteiger partial charge >= 0.3 is 0 Å². The van der Waals surface area contributed by atoms with E-state index in [1.54, 1.807) is 23.9 Å². The van der Waals surface area contributed by atoms with Gasteiger partial charge in [0.25, 0.3) is 5.91 Å². The summed E-state index contributed by atoms with van der Waals surface area (Å²) in [7, 11) is 1.77. The van der Waals surface area contributed by atoms with Crippen LogP contribution in [0.5, 0.6) is 0 Å². The van der Waals surface area contributed by atoms with Crippen molar-refractivity contribution in [3.05, 3.63) is 33.6 Å². The molecule has 7 nitrogen and oxygen atoms in total. The summed E-state index contributed by atoms with van der Waals surface area (Å²) in [6.45, 7) is 5.11. The first kappa shape index (κ1) is 19.6. The number of amides is 1. The van der Waals surface area contributed by atoms with Crippen molar-refractivity contribution in [2.45, 2.75) is 25.8 Å². The number of aryl methyl sites for hydroxylation is 1. The van der Waals surface area contributed by atoms with Crippen molar-refractivity contribution in [2.75, 3.05) is 38.1 Å². The lowest BCUT2D eigenvalue weighted by Crippen LogP contribution is -2.49. The minimum atomic E-state index is -0.0688. The highest BCUT2D eigenvalue weighted by atomic mass is 32.1. The maximum Gasteiger partial charge on any atom is 0.263 e. The van der Waals surface area contributed by atoms with E-state index in [1.807, 2.05) is 6.92 Å². The third-order valence-electron chi connectivity index (χ3n) is 4.53. The Kier molecular flexibility index (Phi) is 7.05. The van der Waals surface area contributed by atoms with Crippen LogP contribution in [-0.2, 0) is 0 Å². The first-order valence-corrected chi connectivity index (χ1v) is 10.9. The standard InChI is InChI=1S/C18H26N6OS2/c1-13-16(27-12-22-13)17(25)20-7-8-21-18(19-2)23-14-5-9-24(10-6-14)15-4-3-11-26-15/h3-4,11-12,14H,5-10H2,1-2H3,(H,20,25)(H2,19,21,23). The lowest BCUT2D eigenvalue weighted by atomic mass is 10.1. The summed E-state index contributed by atoms with van der Waals surface area (Å²) in [5, 5.41) is 13.1. The Balaban J connectivity index is 1.35. The molecule has 27 heavy (non-hydrogen) atoms. The van der Waals surface area contributed by atoms with Gasteiger partial charge in [0, 0.05) is 39.3 Å². The molecule has 1 aliphatic rings. The number of aliphatic imine (C=N–C) groups is 1. The minimum absolute atomic E-state index is 0.0688. The van der Waals surface area contributed by atoms with E-state index in [4.69, 9.17) is 0 Å². The molecule has 1 fully saturated rings. The smallest absolute Gasteiger partial charge is 0.263 e. The van der Waals surface area contributed by atoms with Crippen molar-refractivity contribution in [3.63, 3.8) is 0 Å². The maximum absolute atomic E-state index is 12.1. The van der Waals surface area contributed by atoms with Crippen LogP contribution >= 0.6 is 22.7 Å². The van der Waals surface area contributed by atoms with Gasteiger partial charge in [0.15, 0.2) is 5.96 Å². The zero-order chi connectivity index (χ0) is 19.1. The molecule has 0 aliphatic carbocycles. The topological polar surface area (TPSA) is 81.6 Å². The molecule has 0 saturated carbocycles. The van der Waals surface area contributed by atoms with E-state index in [0.717, 1.165) is 37.6 Å². The summed E-state index contributed by atoms with van der Waals surface area (Å²) >= 11 is 3.16. The van der Waals surface area contributed by atoms with E-state index in [2.05, 4.69) is 48.3 Å². The predicted octanol–water partition coefficient (Wildman–Crippen LogP) is 2.08. The Morgan fingerprint density at radius 1 is 1.30 bits per heavy atom. The molecule has 3 rings (SSSR count). The Hall–Kier alpha value is -2.13. The van der Waals surface area contributed by atoms with E-state index in [9.17, 15) is 4.79 Å². The fourth-order valence-electron chi connectivity index (χ4n) is 3.04. The summed E-state index contributed by atoms with van der Waals surface area (Å²) in [4.78, 5) is 23.6. The first-order valence-electron chi connectivity index (χ1n) is 9.11. The number of aromatic nitrogens is 1. The van der Waals surface area contributed by atoms with E-state index in [-0.39, 0.29) is 5.91 Å². The van der Waals surface area contributed by atoms with Gasteiger partial charge in [-0.2, -0.15) is 0 Å². The lowest BCUT2D eigenvalue weighted by Gasteiger charge is -2.33. The Morgan fingerprint density at radius 2 is 2.07 bits per heavy atom. The molecule has 0 aromatic carbocycles. The second kappa shape index (κ2) is 9.70. The van der Waals surface area contributed by atoms with E-state index in [0.29, 0.717) is 24.0 Å². The molecular weight excluding hydrogens is 380 g/mol. The molecule has 3 N–H and O–H groups in total. The molecule has 1 aliphatic heterocycles.